The molecular weight excluding hydrogens is 282 g/mol. The number of benzene rings is 1. The first-order valence-corrected chi connectivity index (χ1v) is 6.34. The van der Waals surface area contributed by atoms with Crippen LogP contribution in [0.5, 0.6) is 0 Å². The summed E-state index contributed by atoms with van der Waals surface area (Å²) in [6.45, 7) is 0. The van der Waals surface area contributed by atoms with Crippen molar-refractivity contribution >= 4 is 5.69 Å². The molecule has 0 aliphatic heterocycles. The van der Waals surface area contributed by atoms with E-state index >= 15 is 0 Å². The molecular formula is C15H9N5O2. The molecule has 2 heterocycles. The first-order valence-electron chi connectivity index (χ1n) is 6.34. The van der Waals surface area contributed by atoms with E-state index in [0.717, 1.165) is 5.56 Å². The summed E-state index contributed by atoms with van der Waals surface area (Å²) in [7, 11) is 0. The van der Waals surface area contributed by atoms with Gasteiger partial charge >= 0.3 is 0 Å². The summed E-state index contributed by atoms with van der Waals surface area (Å²) in [6.07, 6.45) is 3.31. The van der Waals surface area contributed by atoms with Crippen LogP contribution in [0.3, 0.4) is 0 Å². The fraction of sp³-hybridized carbons (Fsp3) is 0. The average Bonchev–Trinajstić information content (AvgIpc) is 3.00. The Morgan fingerprint density at radius 3 is 2.59 bits per heavy atom. The molecule has 0 saturated heterocycles. The summed E-state index contributed by atoms with van der Waals surface area (Å²) < 4.78 is 1.45. The third kappa shape index (κ3) is 2.41. The molecule has 0 saturated carbocycles. The first kappa shape index (κ1) is 13.5. The summed E-state index contributed by atoms with van der Waals surface area (Å²) >= 11 is 0. The zero-order valence-corrected chi connectivity index (χ0v) is 11.2. The first-order chi connectivity index (χ1) is 10.7. The van der Waals surface area contributed by atoms with Crippen molar-refractivity contribution in [1.82, 2.24) is 14.8 Å². The maximum Gasteiger partial charge on any atom is 0.269 e. The lowest BCUT2D eigenvalue weighted by molar-refractivity contribution is -0.384. The highest BCUT2D eigenvalue weighted by Crippen LogP contribution is 2.21. The van der Waals surface area contributed by atoms with Gasteiger partial charge in [-0.1, -0.05) is 0 Å². The van der Waals surface area contributed by atoms with Gasteiger partial charge in [0.2, 0.25) is 0 Å². The molecule has 0 spiro atoms. The topological polar surface area (TPSA) is 97.6 Å². The largest absolute Gasteiger partial charge is 0.269 e. The smallest absolute Gasteiger partial charge is 0.264 e. The number of pyridine rings is 1. The highest BCUT2D eigenvalue weighted by atomic mass is 16.6. The Kier molecular flexibility index (Phi) is 3.34. The summed E-state index contributed by atoms with van der Waals surface area (Å²) in [4.78, 5) is 14.2. The van der Waals surface area contributed by atoms with E-state index in [0.29, 0.717) is 17.1 Å². The Morgan fingerprint density at radius 2 is 2.00 bits per heavy atom. The van der Waals surface area contributed by atoms with Crippen LogP contribution in [-0.2, 0) is 0 Å². The van der Waals surface area contributed by atoms with Crippen LogP contribution in [-0.4, -0.2) is 19.7 Å². The molecule has 0 aliphatic carbocycles. The number of hydrogen-bond donors (Lipinski definition) is 0. The second-order valence-electron chi connectivity index (χ2n) is 4.45. The third-order valence-electron chi connectivity index (χ3n) is 3.09. The minimum absolute atomic E-state index is 0.0121. The van der Waals surface area contributed by atoms with Crippen LogP contribution in [0.1, 0.15) is 5.69 Å². The van der Waals surface area contributed by atoms with Crippen molar-refractivity contribution in [3.63, 3.8) is 0 Å². The van der Waals surface area contributed by atoms with Crippen LogP contribution in [0.25, 0.3) is 16.9 Å². The van der Waals surface area contributed by atoms with Crippen molar-refractivity contribution < 1.29 is 4.92 Å². The number of rotatable bonds is 3. The second kappa shape index (κ2) is 5.46. The molecule has 1 aromatic carbocycles. The Morgan fingerprint density at radius 1 is 1.23 bits per heavy atom. The average molecular weight is 291 g/mol. The number of nitriles is 1. The molecule has 0 unspecified atom stereocenters. The predicted molar refractivity (Wildman–Crippen MR) is 78.2 cm³/mol. The van der Waals surface area contributed by atoms with Gasteiger partial charge in [0.05, 0.1) is 16.3 Å². The quantitative estimate of drug-likeness (QED) is 0.546. The number of non-ortho nitro benzene ring substituents is 1. The van der Waals surface area contributed by atoms with E-state index in [1.54, 1.807) is 36.7 Å². The summed E-state index contributed by atoms with van der Waals surface area (Å²) in [6, 6.07) is 13.2. The van der Waals surface area contributed by atoms with Gasteiger partial charge < -0.3 is 0 Å². The van der Waals surface area contributed by atoms with Gasteiger partial charge in [-0.15, -0.1) is 0 Å². The molecule has 22 heavy (non-hydrogen) atoms. The van der Waals surface area contributed by atoms with Crippen LogP contribution in [0.2, 0.25) is 0 Å². The monoisotopic (exact) mass is 291 g/mol. The molecule has 0 N–H and O–H groups in total. The van der Waals surface area contributed by atoms with Crippen molar-refractivity contribution in [3.05, 3.63) is 70.7 Å². The Bertz CT molecular complexity index is 863. The molecule has 7 nitrogen and oxygen atoms in total. The maximum absolute atomic E-state index is 10.7. The highest BCUT2D eigenvalue weighted by Gasteiger charge is 2.12. The second-order valence-corrected chi connectivity index (χ2v) is 4.45. The zero-order chi connectivity index (χ0) is 15.5. The standard InChI is InChI=1S/C15H9N5O2/c16-9-14-8-15(11-2-1-7-17-10-11)18-19(14)12-3-5-13(6-4-12)20(21)22/h1-8,10H. The maximum atomic E-state index is 10.7. The Hall–Kier alpha value is -3.53. The number of nitro groups is 1. The van der Waals surface area contributed by atoms with E-state index in [4.69, 9.17) is 0 Å². The summed E-state index contributed by atoms with van der Waals surface area (Å²) in [5, 5.41) is 24.3. The number of nitro benzene ring substituents is 1. The van der Waals surface area contributed by atoms with Crippen LogP contribution < -0.4 is 0 Å². The molecule has 7 heteroatoms. The SMILES string of the molecule is N#Cc1cc(-c2cccnc2)nn1-c1ccc([N+](=O)[O-])cc1. The Balaban J connectivity index is 2.06. The Labute approximate surface area is 125 Å². The van der Waals surface area contributed by atoms with Crippen LogP contribution in [0.4, 0.5) is 5.69 Å². The zero-order valence-electron chi connectivity index (χ0n) is 11.2. The normalized spacial score (nSPS) is 10.1. The summed E-state index contributed by atoms with van der Waals surface area (Å²) in [5.41, 5.74) is 2.31. The van der Waals surface area contributed by atoms with Gasteiger partial charge in [-0.05, 0) is 24.3 Å². The molecule has 0 atom stereocenters. The molecule has 0 aliphatic rings. The van der Waals surface area contributed by atoms with Gasteiger partial charge in [-0.25, -0.2) is 4.68 Å². The van der Waals surface area contributed by atoms with E-state index in [1.807, 2.05) is 6.07 Å². The van der Waals surface area contributed by atoms with Crippen molar-refractivity contribution in [3.8, 4) is 23.0 Å². The fourth-order valence-electron chi connectivity index (χ4n) is 2.03. The number of aromatic nitrogens is 3. The van der Waals surface area contributed by atoms with Crippen molar-refractivity contribution in [2.45, 2.75) is 0 Å². The molecule has 0 bridgehead atoms. The van der Waals surface area contributed by atoms with Crippen LogP contribution in [0, 0.1) is 21.4 Å². The van der Waals surface area contributed by atoms with Crippen LogP contribution >= 0.6 is 0 Å². The van der Waals surface area contributed by atoms with E-state index in [1.165, 1.54) is 16.8 Å². The van der Waals surface area contributed by atoms with Gasteiger partial charge in [0.15, 0.2) is 0 Å². The van der Waals surface area contributed by atoms with Gasteiger partial charge in [0.1, 0.15) is 11.8 Å². The molecule has 3 aromatic rings. The third-order valence-corrected chi connectivity index (χ3v) is 3.09. The van der Waals surface area contributed by atoms with Gasteiger partial charge in [0, 0.05) is 36.2 Å². The van der Waals surface area contributed by atoms with Crippen LogP contribution in [0.15, 0.2) is 54.9 Å². The highest BCUT2D eigenvalue weighted by molar-refractivity contribution is 5.60. The molecule has 0 amide bonds. The predicted octanol–water partition coefficient (Wildman–Crippen LogP) is 2.71. The molecule has 3 rings (SSSR count). The number of hydrogen-bond acceptors (Lipinski definition) is 5. The van der Waals surface area contributed by atoms with Gasteiger partial charge in [-0.3, -0.25) is 15.1 Å². The number of nitrogens with zero attached hydrogens (tertiary/aromatic N) is 5. The minimum Gasteiger partial charge on any atom is -0.264 e. The lowest BCUT2D eigenvalue weighted by atomic mass is 10.2. The lowest BCUT2D eigenvalue weighted by Gasteiger charge is -2.02. The molecule has 2 aromatic heterocycles. The van der Waals surface area contributed by atoms with Crippen molar-refractivity contribution in [1.29, 1.82) is 5.26 Å². The van der Waals surface area contributed by atoms with E-state index in [9.17, 15) is 15.4 Å². The van der Waals surface area contributed by atoms with E-state index < -0.39 is 4.92 Å². The lowest BCUT2D eigenvalue weighted by Crippen LogP contribution is -1.99. The molecule has 0 radical (unpaired) electrons. The minimum atomic E-state index is -0.473. The molecule has 106 valence electrons. The van der Waals surface area contributed by atoms with E-state index in [2.05, 4.69) is 16.2 Å². The van der Waals surface area contributed by atoms with E-state index in [-0.39, 0.29) is 5.69 Å². The molecule has 0 fully saturated rings. The van der Waals surface area contributed by atoms with Crippen molar-refractivity contribution in [2.24, 2.45) is 0 Å². The summed E-state index contributed by atoms with van der Waals surface area (Å²) in [5.74, 6) is 0. The van der Waals surface area contributed by atoms with Gasteiger partial charge in [0.25, 0.3) is 5.69 Å². The van der Waals surface area contributed by atoms with Crippen molar-refractivity contribution in [2.75, 3.05) is 0 Å². The van der Waals surface area contributed by atoms with Gasteiger partial charge in [-0.2, -0.15) is 10.4 Å². The fourth-order valence-corrected chi connectivity index (χ4v) is 2.03.